The predicted octanol–water partition coefficient (Wildman–Crippen LogP) is 1.67. The fraction of sp³-hybridized carbons (Fsp3) is 0.370. The van der Waals surface area contributed by atoms with Crippen molar-refractivity contribution in [3.8, 4) is 11.8 Å². The monoisotopic (exact) mass is 477 g/mol. The van der Waals surface area contributed by atoms with Crippen molar-refractivity contribution in [2.75, 3.05) is 47.5 Å². The Kier molecular flexibility index (Phi) is 9.41. The van der Waals surface area contributed by atoms with E-state index in [1.54, 1.807) is 24.3 Å². The van der Waals surface area contributed by atoms with Crippen LogP contribution in [0.2, 0.25) is 0 Å². The van der Waals surface area contributed by atoms with E-state index in [4.69, 9.17) is 4.74 Å². The van der Waals surface area contributed by atoms with Crippen LogP contribution in [0.1, 0.15) is 33.5 Å². The summed E-state index contributed by atoms with van der Waals surface area (Å²) in [6.07, 6.45) is 1.06. The number of benzene rings is 2. The number of carbonyl (C=O) groups excluding carboxylic acids is 3. The van der Waals surface area contributed by atoms with Crippen LogP contribution in [0.5, 0.6) is 0 Å². The number of likely N-dealkylation sites (N-methyl/N-ethyl adjacent to an activating group) is 2. The Hall–Kier alpha value is -3.67. The molecule has 1 aliphatic heterocycles. The molecule has 35 heavy (non-hydrogen) atoms. The maximum atomic E-state index is 12.8. The molecule has 8 heteroatoms. The van der Waals surface area contributed by atoms with Gasteiger partial charge in [0.15, 0.2) is 0 Å². The number of nitrogens with zero attached hydrogens (tertiary/aromatic N) is 2. The first-order chi connectivity index (χ1) is 16.9. The van der Waals surface area contributed by atoms with E-state index in [2.05, 4.69) is 38.9 Å². The van der Waals surface area contributed by atoms with Crippen molar-refractivity contribution in [2.24, 2.45) is 0 Å². The standard InChI is InChI=1S/C27H31N3O5/c1-28-25(31)24(27(33)34-3)29(2)26(32)23-13-11-21(12-14-23)6-5-20-7-9-22(10-8-20)19-30-15-4-17-35-18-16-30/h7-14,24H,4,15-19H2,1-3H3,(H,28,31). The van der Waals surface area contributed by atoms with Crippen molar-refractivity contribution < 1.29 is 23.9 Å². The second-order valence-corrected chi connectivity index (χ2v) is 8.22. The number of ether oxygens (including phenoxy) is 2. The summed E-state index contributed by atoms with van der Waals surface area (Å²) in [5.74, 6) is 4.34. The molecule has 3 rings (SSSR count). The molecule has 1 unspecified atom stereocenters. The third-order valence-electron chi connectivity index (χ3n) is 5.78. The molecule has 1 N–H and O–H groups in total. The second kappa shape index (κ2) is 12.7. The number of esters is 1. The fourth-order valence-electron chi connectivity index (χ4n) is 3.76. The van der Waals surface area contributed by atoms with Gasteiger partial charge in [-0.15, -0.1) is 0 Å². The Morgan fingerprint density at radius 3 is 2.26 bits per heavy atom. The predicted molar refractivity (Wildman–Crippen MR) is 132 cm³/mol. The van der Waals surface area contributed by atoms with Crippen LogP contribution >= 0.6 is 0 Å². The Labute approximate surface area is 206 Å². The van der Waals surface area contributed by atoms with Gasteiger partial charge in [-0.3, -0.25) is 14.5 Å². The van der Waals surface area contributed by atoms with Gasteiger partial charge < -0.3 is 19.7 Å². The normalized spacial score (nSPS) is 14.6. The van der Waals surface area contributed by atoms with Gasteiger partial charge in [-0.25, -0.2) is 4.79 Å². The smallest absolute Gasteiger partial charge is 0.338 e. The molecule has 1 saturated heterocycles. The first-order valence-corrected chi connectivity index (χ1v) is 11.5. The minimum atomic E-state index is -1.37. The Balaban J connectivity index is 1.63. The first-order valence-electron chi connectivity index (χ1n) is 11.5. The molecular formula is C27H31N3O5. The van der Waals surface area contributed by atoms with Gasteiger partial charge in [-0.2, -0.15) is 0 Å². The van der Waals surface area contributed by atoms with Crippen LogP contribution in [0.4, 0.5) is 0 Å². The van der Waals surface area contributed by atoms with Gasteiger partial charge in [0.05, 0.1) is 13.7 Å². The molecule has 2 aromatic rings. The number of carbonyl (C=O) groups is 3. The summed E-state index contributed by atoms with van der Waals surface area (Å²) in [5.41, 5.74) is 3.22. The highest BCUT2D eigenvalue weighted by Gasteiger charge is 2.34. The SMILES string of the molecule is CNC(=O)C(C(=O)OC)N(C)C(=O)c1ccc(C#Cc2ccc(CN3CCCOCC3)cc2)cc1. The third-order valence-corrected chi connectivity index (χ3v) is 5.78. The maximum Gasteiger partial charge on any atom is 0.338 e. The minimum absolute atomic E-state index is 0.333. The van der Waals surface area contributed by atoms with Crippen molar-refractivity contribution in [3.05, 3.63) is 70.8 Å². The van der Waals surface area contributed by atoms with Crippen LogP contribution in [-0.2, 0) is 25.6 Å². The fourth-order valence-corrected chi connectivity index (χ4v) is 3.76. The topological polar surface area (TPSA) is 88.2 Å². The highest BCUT2D eigenvalue weighted by Crippen LogP contribution is 2.12. The summed E-state index contributed by atoms with van der Waals surface area (Å²) in [4.78, 5) is 40.3. The van der Waals surface area contributed by atoms with E-state index in [0.29, 0.717) is 5.56 Å². The molecular weight excluding hydrogens is 446 g/mol. The highest BCUT2D eigenvalue weighted by atomic mass is 16.5. The molecule has 2 aromatic carbocycles. The van der Waals surface area contributed by atoms with Crippen molar-refractivity contribution in [1.82, 2.24) is 15.1 Å². The van der Waals surface area contributed by atoms with Crippen LogP contribution in [0.3, 0.4) is 0 Å². The number of rotatable bonds is 6. The van der Waals surface area contributed by atoms with Gasteiger partial charge in [-0.1, -0.05) is 24.0 Å². The van der Waals surface area contributed by atoms with E-state index in [0.717, 1.165) is 55.3 Å². The molecule has 8 nitrogen and oxygen atoms in total. The summed E-state index contributed by atoms with van der Waals surface area (Å²) < 4.78 is 10.2. The van der Waals surface area contributed by atoms with E-state index >= 15 is 0 Å². The largest absolute Gasteiger partial charge is 0.467 e. The molecule has 0 bridgehead atoms. The number of hydrogen-bond acceptors (Lipinski definition) is 6. The van der Waals surface area contributed by atoms with Gasteiger partial charge in [-0.05, 0) is 48.4 Å². The van der Waals surface area contributed by atoms with E-state index in [-0.39, 0.29) is 0 Å². The molecule has 0 aliphatic carbocycles. The van der Waals surface area contributed by atoms with Crippen LogP contribution in [0.15, 0.2) is 48.5 Å². The average Bonchev–Trinajstić information content (AvgIpc) is 3.16. The highest BCUT2D eigenvalue weighted by molar-refractivity contribution is 6.07. The van der Waals surface area contributed by atoms with Crippen LogP contribution in [-0.4, -0.2) is 81.1 Å². The van der Waals surface area contributed by atoms with E-state index in [1.807, 2.05) is 12.1 Å². The van der Waals surface area contributed by atoms with E-state index in [9.17, 15) is 14.4 Å². The molecule has 0 radical (unpaired) electrons. The first kappa shape index (κ1) is 25.9. The minimum Gasteiger partial charge on any atom is -0.467 e. The molecule has 0 aromatic heterocycles. The number of amides is 2. The summed E-state index contributed by atoms with van der Waals surface area (Å²) >= 11 is 0. The number of hydrogen-bond donors (Lipinski definition) is 1. The van der Waals surface area contributed by atoms with Crippen molar-refractivity contribution >= 4 is 17.8 Å². The van der Waals surface area contributed by atoms with Gasteiger partial charge in [0, 0.05) is 57.0 Å². The summed E-state index contributed by atoms with van der Waals surface area (Å²) in [6.45, 7) is 4.51. The molecule has 1 atom stereocenters. The van der Waals surface area contributed by atoms with Gasteiger partial charge in [0.25, 0.3) is 11.8 Å². The Morgan fingerprint density at radius 2 is 1.66 bits per heavy atom. The van der Waals surface area contributed by atoms with Gasteiger partial charge in [0.1, 0.15) is 0 Å². The molecule has 1 fully saturated rings. The molecule has 1 aliphatic rings. The maximum absolute atomic E-state index is 12.8. The molecule has 2 amide bonds. The van der Waals surface area contributed by atoms with Gasteiger partial charge in [0.2, 0.25) is 6.04 Å². The zero-order chi connectivity index (χ0) is 25.2. The van der Waals surface area contributed by atoms with Crippen molar-refractivity contribution in [2.45, 2.75) is 19.0 Å². The Morgan fingerprint density at radius 1 is 1.03 bits per heavy atom. The second-order valence-electron chi connectivity index (χ2n) is 8.22. The van der Waals surface area contributed by atoms with E-state index < -0.39 is 23.8 Å². The number of nitrogens with one attached hydrogen (secondary N) is 1. The summed E-state index contributed by atoms with van der Waals surface area (Å²) in [7, 11) is 3.95. The zero-order valence-corrected chi connectivity index (χ0v) is 20.4. The van der Waals surface area contributed by atoms with Crippen molar-refractivity contribution in [3.63, 3.8) is 0 Å². The van der Waals surface area contributed by atoms with E-state index in [1.165, 1.54) is 26.8 Å². The van der Waals surface area contributed by atoms with Gasteiger partial charge >= 0.3 is 5.97 Å². The lowest BCUT2D eigenvalue weighted by molar-refractivity contribution is -0.150. The van der Waals surface area contributed by atoms with Crippen LogP contribution in [0.25, 0.3) is 0 Å². The molecule has 0 spiro atoms. The zero-order valence-electron chi connectivity index (χ0n) is 20.4. The molecule has 184 valence electrons. The van der Waals surface area contributed by atoms with Crippen LogP contribution < -0.4 is 5.32 Å². The lowest BCUT2D eigenvalue weighted by Gasteiger charge is -2.24. The van der Waals surface area contributed by atoms with Crippen molar-refractivity contribution in [1.29, 1.82) is 0 Å². The summed E-state index contributed by atoms with van der Waals surface area (Å²) in [6, 6.07) is 13.5. The van der Waals surface area contributed by atoms with Crippen LogP contribution in [0, 0.1) is 11.8 Å². The average molecular weight is 478 g/mol. The summed E-state index contributed by atoms with van der Waals surface area (Å²) in [5, 5.41) is 2.38. The third kappa shape index (κ3) is 7.15. The number of methoxy groups -OCH3 is 1. The molecule has 1 heterocycles. The lowest BCUT2D eigenvalue weighted by Crippen LogP contribution is -2.51. The Bertz CT molecular complexity index is 1060. The molecule has 0 saturated carbocycles. The lowest BCUT2D eigenvalue weighted by atomic mass is 10.1. The quantitative estimate of drug-likeness (QED) is 0.387.